The van der Waals surface area contributed by atoms with Crippen molar-refractivity contribution in [3.05, 3.63) is 12.2 Å². The summed E-state index contributed by atoms with van der Waals surface area (Å²) in [6, 6.07) is 0. The standard InChI is InChI=1S/C9H14O4/c1-6(2)8(10)13-5-7(3)9(11)12-4/h6H,3,5H2,1-2,4H3. The summed E-state index contributed by atoms with van der Waals surface area (Å²) in [7, 11) is 1.25. The lowest BCUT2D eigenvalue weighted by Crippen LogP contribution is -2.16. The summed E-state index contributed by atoms with van der Waals surface area (Å²) in [6.45, 7) is 6.72. The van der Waals surface area contributed by atoms with Gasteiger partial charge in [0.05, 0.1) is 18.6 Å². The number of esters is 2. The van der Waals surface area contributed by atoms with Gasteiger partial charge in [-0.3, -0.25) is 4.79 Å². The first-order chi connectivity index (χ1) is 5.99. The summed E-state index contributed by atoms with van der Waals surface area (Å²) in [5, 5.41) is 0. The molecule has 0 N–H and O–H groups in total. The molecule has 0 aliphatic heterocycles. The molecule has 0 atom stereocenters. The average molecular weight is 186 g/mol. The Morgan fingerprint density at radius 1 is 1.38 bits per heavy atom. The van der Waals surface area contributed by atoms with Crippen molar-refractivity contribution in [3.63, 3.8) is 0 Å². The van der Waals surface area contributed by atoms with E-state index >= 15 is 0 Å². The van der Waals surface area contributed by atoms with Crippen molar-refractivity contribution in [3.8, 4) is 0 Å². The third-order valence-corrected chi connectivity index (χ3v) is 1.33. The van der Waals surface area contributed by atoms with E-state index in [1.807, 2.05) is 0 Å². The van der Waals surface area contributed by atoms with Crippen molar-refractivity contribution >= 4 is 11.9 Å². The first-order valence-electron chi connectivity index (χ1n) is 3.91. The Bertz CT molecular complexity index is 218. The second-order valence-corrected chi connectivity index (χ2v) is 2.86. The van der Waals surface area contributed by atoms with E-state index in [1.165, 1.54) is 7.11 Å². The topological polar surface area (TPSA) is 52.6 Å². The lowest BCUT2D eigenvalue weighted by Gasteiger charge is -2.07. The van der Waals surface area contributed by atoms with Gasteiger partial charge >= 0.3 is 11.9 Å². The summed E-state index contributed by atoms with van der Waals surface area (Å²) in [5.41, 5.74) is 0.136. The van der Waals surface area contributed by atoms with Gasteiger partial charge in [0.2, 0.25) is 0 Å². The molecule has 0 amide bonds. The van der Waals surface area contributed by atoms with E-state index in [-0.39, 0.29) is 24.1 Å². The number of hydrogen-bond acceptors (Lipinski definition) is 4. The molecule has 0 spiro atoms. The summed E-state index contributed by atoms with van der Waals surface area (Å²) in [4.78, 5) is 21.7. The minimum Gasteiger partial charge on any atom is -0.466 e. The molecule has 0 aromatic rings. The lowest BCUT2D eigenvalue weighted by atomic mass is 10.2. The highest BCUT2D eigenvalue weighted by Gasteiger charge is 2.12. The third kappa shape index (κ3) is 4.30. The largest absolute Gasteiger partial charge is 0.466 e. The monoisotopic (exact) mass is 186 g/mol. The Kier molecular flexibility index (Phi) is 4.80. The van der Waals surface area contributed by atoms with Crippen LogP contribution >= 0.6 is 0 Å². The molecule has 0 radical (unpaired) electrons. The molecule has 0 heterocycles. The molecule has 0 aliphatic rings. The van der Waals surface area contributed by atoms with Gasteiger partial charge < -0.3 is 9.47 Å². The molecular formula is C9H14O4. The van der Waals surface area contributed by atoms with E-state index in [4.69, 9.17) is 4.74 Å². The molecule has 0 bridgehead atoms. The van der Waals surface area contributed by atoms with Crippen LogP contribution in [-0.2, 0) is 19.1 Å². The summed E-state index contributed by atoms with van der Waals surface area (Å²) < 4.78 is 9.12. The van der Waals surface area contributed by atoms with Crippen LogP contribution in [0.5, 0.6) is 0 Å². The van der Waals surface area contributed by atoms with Crippen LogP contribution in [0.3, 0.4) is 0 Å². The number of carbonyl (C=O) groups is 2. The van der Waals surface area contributed by atoms with Gasteiger partial charge in [0, 0.05) is 0 Å². The highest BCUT2D eigenvalue weighted by molar-refractivity contribution is 5.88. The fraction of sp³-hybridized carbons (Fsp3) is 0.556. The second-order valence-electron chi connectivity index (χ2n) is 2.86. The first-order valence-corrected chi connectivity index (χ1v) is 3.91. The predicted octanol–water partition coefficient (Wildman–Crippen LogP) is 0.915. The van der Waals surface area contributed by atoms with Gasteiger partial charge in [-0.15, -0.1) is 0 Å². The fourth-order valence-corrected chi connectivity index (χ4v) is 0.528. The van der Waals surface area contributed by atoms with Gasteiger partial charge in [0.25, 0.3) is 0 Å². The number of methoxy groups -OCH3 is 1. The van der Waals surface area contributed by atoms with E-state index in [2.05, 4.69) is 11.3 Å². The summed E-state index contributed by atoms with van der Waals surface area (Å²) in [6.07, 6.45) is 0. The number of rotatable bonds is 4. The zero-order chi connectivity index (χ0) is 10.4. The Hall–Kier alpha value is -1.32. The van der Waals surface area contributed by atoms with Crippen LogP contribution in [0.4, 0.5) is 0 Å². The van der Waals surface area contributed by atoms with Gasteiger partial charge in [-0.1, -0.05) is 20.4 Å². The normalized spacial score (nSPS) is 9.54. The highest BCUT2D eigenvalue weighted by Crippen LogP contribution is 2.00. The van der Waals surface area contributed by atoms with Crippen molar-refractivity contribution in [1.29, 1.82) is 0 Å². The van der Waals surface area contributed by atoms with E-state index in [0.717, 1.165) is 0 Å². The van der Waals surface area contributed by atoms with Gasteiger partial charge in [0.15, 0.2) is 0 Å². The minimum absolute atomic E-state index is 0.107. The molecule has 0 rings (SSSR count). The first kappa shape index (κ1) is 11.7. The maximum absolute atomic E-state index is 10.9. The van der Waals surface area contributed by atoms with E-state index in [0.29, 0.717) is 0 Å². The number of hydrogen-bond donors (Lipinski definition) is 0. The van der Waals surface area contributed by atoms with Crippen LogP contribution in [0.25, 0.3) is 0 Å². The molecule has 0 unspecified atom stereocenters. The summed E-state index contributed by atoms with van der Waals surface area (Å²) >= 11 is 0. The van der Waals surface area contributed by atoms with Gasteiger partial charge in [-0.25, -0.2) is 4.79 Å². The molecule has 13 heavy (non-hydrogen) atoms. The highest BCUT2D eigenvalue weighted by atomic mass is 16.5. The van der Waals surface area contributed by atoms with Gasteiger partial charge in [-0.2, -0.15) is 0 Å². The molecule has 4 nitrogen and oxygen atoms in total. The molecule has 4 heteroatoms. The van der Waals surface area contributed by atoms with Crippen molar-refractivity contribution in [1.82, 2.24) is 0 Å². The Morgan fingerprint density at radius 2 is 1.92 bits per heavy atom. The Morgan fingerprint density at radius 3 is 2.31 bits per heavy atom. The third-order valence-electron chi connectivity index (χ3n) is 1.33. The second kappa shape index (κ2) is 5.35. The van der Waals surface area contributed by atoms with E-state index in [1.54, 1.807) is 13.8 Å². The van der Waals surface area contributed by atoms with Crippen LogP contribution in [0.2, 0.25) is 0 Å². The maximum atomic E-state index is 10.9. The van der Waals surface area contributed by atoms with E-state index in [9.17, 15) is 9.59 Å². The molecule has 0 aromatic carbocycles. The van der Waals surface area contributed by atoms with Crippen molar-refractivity contribution < 1.29 is 19.1 Å². The molecular weight excluding hydrogens is 172 g/mol. The maximum Gasteiger partial charge on any atom is 0.336 e. The zero-order valence-corrected chi connectivity index (χ0v) is 8.12. The van der Waals surface area contributed by atoms with Crippen LogP contribution in [-0.4, -0.2) is 25.7 Å². The Labute approximate surface area is 77.5 Å². The van der Waals surface area contributed by atoms with Crippen molar-refractivity contribution in [2.45, 2.75) is 13.8 Å². The molecule has 0 saturated heterocycles. The van der Waals surface area contributed by atoms with Crippen LogP contribution in [0.1, 0.15) is 13.8 Å². The van der Waals surface area contributed by atoms with Crippen LogP contribution in [0.15, 0.2) is 12.2 Å². The van der Waals surface area contributed by atoms with Crippen LogP contribution in [0, 0.1) is 5.92 Å². The zero-order valence-electron chi connectivity index (χ0n) is 8.12. The lowest BCUT2D eigenvalue weighted by molar-refractivity contribution is -0.147. The predicted molar refractivity (Wildman–Crippen MR) is 47.0 cm³/mol. The van der Waals surface area contributed by atoms with Crippen molar-refractivity contribution in [2.24, 2.45) is 5.92 Å². The SMILES string of the molecule is C=C(COC(=O)C(C)C)C(=O)OC. The average Bonchev–Trinajstić information content (AvgIpc) is 2.11. The smallest absolute Gasteiger partial charge is 0.336 e. The molecule has 74 valence electrons. The van der Waals surface area contributed by atoms with Crippen LogP contribution < -0.4 is 0 Å². The van der Waals surface area contributed by atoms with Crippen molar-refractivity contribution in [2.75, 3.05) is 13.7 Å². The number of carbonyl (C=O) groups excluding carboxylic acids is 2. The van der Waals surface area contributed by atoms with Gasteiger partial charge in [-0.05, 0) is 0 Å². The number of ether oxygens (including phenoxy) is 2. The molecule has 0 aliphatic carbocycles. The van der Waals surface area contributed by atoms with Gasteiger partial charge in [0.1, 0.15) is 6.61 Å². The molecule has 0 aromatic heterocycles. The fourth-order valence-electron chi connectivity index (χ4n) is 0.528. The Balaban J connectivity index is 3.84. The quantitative estimate of drug-likeness (QED) is 0.484. The molecule has 0 saturated carbocycles. The molecule has 0 fully saturated rings. The van der Waals surface area contributed by atoms with E-state index < -0.39 is 5.97 Å². The minimum atomic E-state index is -0.559. The summed E-state index contributed by atoms with van der Waals surface area (Å²) in [5.74, 6) is -1.12.